The van der Waals surface area contributed by atoms with Gasteiger partial charge < -0.3 is 9.64 Å². The lowest BCUT2D eigenvalue weighted by Crippen LogP contribution is -2.51. The number of ether oxygens (including phenoxy) is 1. The summed E-state index contributed by atoms with van der Waals surface area (Å²) in [7, 11) is 1.65. The molecule has 2 aliphatic heterocycles. The average Bonchev–Trinajstić information content (AvgIpc) is 3.27. The van der Waals surface area contributed by atoms with Crippen LogP contribution in [-0.4, -0.2) is 37.7 Å². The summed E-state index contributed by atoms with van der Waals surface area (Å²) in [6, 6.07) is 26.7. The smallest absolute Gasteiger partial charge is 0.243 e. The zero-order valence-corrected chi connectivity index (χ0v) is 17.3. The minimum absolute atomic E-state index is 0.0897. The van der Waals surface area contributed by atoms with Crippen LogP contribution in [0.1, 0.15) is 11.1 Å². The molecule has 0 radical (unpaired) electrons. The van der Waals surface area contributed by atoms with Crippen LogP contribution < -0.4 is 14.5 Å². The summed E-state index contributed by atoms with van der Waals surface area (Å²) >= 11 is 0. The van der Waals surface area contributed by atoms with Crippen LogP contribution in [0.4, 0.5) is 11.4 Å². The quantitative estimate of drug-likeness (QED) is 0.665. The second kappa shape index (κ2) is 7.18. The number of carbonyl (C=O) groups excluding carboxylic acids is 1. The molecule has 30 heavy (non-hydrogen) atoms. The first-order valence-corrected chi connectivity index (χ1v) is 10.2. The van der Waals surface area contributed by atoms with Crippen LogP contribution in [0.15, 0.2) is 78.9 Å². The van der Waals surface area contributed by atoms with Gasteiger partial charge in [-0.3, -0.25) is 9.69 Å². The summed E-state index contributed by atoms with van der Waals surface area (Å²) in [5.41, 5.74) is 3.73. The summed E-state index contributed by atoms with van der Waals surface area (Å²) < 4.78 is 5.63. The van der Waals surface area contributed by atoms with Gasteiger partial charge in [0.2, 0.25) is 5.91 Å². The number of fused-ring (bicyclic) bond motifs is 1. The van der Waals surface area contributed by atoms with E-state index >= 15 is 0 Å². The fourth-order valence-electron chi connectivity index (χ4n) is 4.76. The maximum Gasteiger partial charge on any atom is 0.243 e. The molecule has 152 valence electrons. The highest BCUT2D eigenvalue weighted by Crippen LogP contribution is 2.48. The number of nitrogens with zero attached hydrogens (tertiary/aromatic N) is 3. The number of para-hydroxylation sites is 2. The normalized spacial score (nSPS) is 21.2. The van der Waals surface area contributed by atoms with Crippen LogP contribution in [0.2, 0.25) is 0 Å². The lowest BCUT2D eigenvalue weighted by molar-refractivity contribution is -0.116. The lowest BCUT2D eigenvalue weighted by Gasteiger charge is -2.39. The Hall–Kier alpha value is -3.31. The Morgan fingerprint density at radius 1 is 0.900 bits per heavy atom. The van der Waals surface area contributed by atoms with E-state index in [0.717, 1.165) is 16.9 Å². The highest BCUT2D eigenvalue weighted by molar-refractivity contribution is 6.00. The first-order chi connectivity index (χ1) is 14.6. The van der Waals surface area contributed by atoms with E-state index in [1.807, 2.05) is 47.4 Å². The number of carbonyl (C=O) groups is 1. The molecule has 3 aromatic rings. The van der Waals surface area contributed by atoms with Crippen molar-refractivity contribution in [1.82, 2.24) is 4.90 Å². The molecule has 1 unspecified atom stereocenters. The van der Waals surface area contributed by atoms with E-state index in [1.54, 1.807) is 7.11 Å². The predicted octanol–water partition coefficient (Wildman–Crippen LogP) is 3.98. The SMILES string of the molecule is COc1ccccc1N1C(=O)CN2CN(c3ccc(C)cc3)CC21c1ccccc1. The predicted molar refractivity (Wildman–Crippen MR) is 119 cm³/mol. The third-order valence-electron chi connectivity index (χ3n) is 6.18. The molecule has 0 spiro atoms. The van der Waals surface area contributed by atoms with Gasteiger partial charge in [-0.1, -0.05) is 60.2 Å². The Morgan fingerprint density at radius 3 is 2.33 bits per heavy atom. The molecule has 5 heteroatoms. The molecule has 0 aliphatic carbocycles. The minimum atomic E-state index is -0.585. The number of methoxy groups -OCH3 is 1. The van der Waals surface area contributed by atoms with Gasteiger partial charge in [-0.25, -0.2) is 4.90 Å². The van der Waals surface area contributed by atoms with Gasteiger partial charge in [0.05, 0.1) is 32.6 Å². The van der Waals surface area contributed by atoms with E-state index in [2.05, 4.69) is 53.1 Å². The largest absolute Gasteiger partial charge is 0.495 e. The van der Waals surface area contributed by atoms with Crippen molar-refractivity contribution in [3.63, 3.8) is 0 Å². The molecule has 2 fully saturated rings. The zero-order valence-electron chi connectivity index (χ0n) is 17.3. The number of anilines is 2. The highest BCUT2D eigenvalue weighted by Gasteiger charge is 2.58. The number of rotatable bonds is 4. The van der Waals surface area contributed by atoms with E-state index in [4.69, 9.17) is 4.74 Å². The standard InChI is InChI=1S/C25H25N3O2/c1-19-12-14-21(15-13-19)26-17-25(20-8-4-3-5-9-20)27(18-26)16-24(29)28(25)22-10-6-7-11-23(22)30-2/h3-15H,16-18H2,1-2H3. The molecule has 1 atom stereocenters. The van der Waals surface area contributed by atoms with Crippen LogP contribution in [0.5, 0.6) is 5.75 Å². The van der Waals surface area contributed by atoms with Crippen molar-refractivity contribution in [3.05, 3.63) is 90.0 Å². The molecule has 3 aromatic carbocycles. The van der Waals surface area contributed by atoms with Gasteiger partial charge in [-0.05, 0) is 36.8 Å². The van der Waals surface area contributed by atoms with E-state index in [-0.39, 0.29) is 5.91 Å². The van der Waals surface area contributed by atoms with Crippen molar-refractivity contribution in [1.29, 1.82) is 0 Å². The van der Waals surface area contributed by atoms with E-state index < -0.39 is 5.66 Å². The summed E-state index contributed by atoms with van der Waals surface area (Å²) in [4.78, 5) is 19.9. The zero-order chi connectivity index (χ0) is 20.7. The second-order valence-corrected chi connectivity index (χ2v) is 7.96. The molecular formula is C25H25N3O2. The number of aryl methyl sites for hydroxylation is 1. The first-order valence-electron chi connectivity index (χ1n) is 10.2. The fraction of sp³-hybridized carbons (Fsp3) is 0.240. The average molecular weight is 399 g/mol. The van der Waals surface area contributed by atoms with Gasteiger partial charge in [0.15, 0.2) is 0 Å². The lowest BCUT2D eigenvalue weighted by atomic mass is 9.97. The van der Waals surface area contributed by atoms with Gasteiger partial charge in [0.1, 0.15) is 11.4 Å². The van der Waals surface area contributed by atoms with Crippen LogP contribution in [0, 0.1) is 6.92 Å². The van der Waals surface area contributed by atoms with Crippen LogP contribution in [-0.2, 0) is 10.5 Å². The van der Waals surface area contributed by atoms with E-state index in [0.29, 0.717) is 25.5 Å². The molecular weight excluding hydrogens is 374 g/mol. The maximum atomic E-state index is 13.3. The van der Waals surface area contributed by atoms with Crippen LogP contribution in [0.3, 0.4) is 0 Å². The second-order valence-electron chi connectivity index (χ2n) is 7.96. The summed E-state index contributed by atoms with van der Waals surface area (Å²) in [5.74, 6) is 0.795. The monoisotopic (exact) mass is 399 g/mol. The molecule has 0 aromatic heterocycles. The molecule has 5 rings (SSSR count). The molecule has 0 N–H and O–H groups in total. The van der Waals surface area contributed by atoms with Gasteiger partial charge in [0, 0.05) is 5.69 Å². The molecule has 1 amide bonds. The van der Waals surface area contributed by atoms with Crippen molar-refractivity contribution in [2.45, 2.75) is 12.6 Å². The summed E-state index contributed by atoms with van der Waals surface area (Å²) in [6.45, 7) is 3.84. The third-order valence-corrected chi connectivity index (χ3v) is 6.18. The summed E-state index contributed by atoms with van der Waals surface area (Å²) in [5, 5.41) is 0. The Labute approximate surface area is 177 Å². The molecule has 2 aliphatic rings. The van der Waals surface area contributed by atoms with E-state index in [1.165, 1.54) is 5.56 Å². The molecule has 2 saturated heterocycles. The minimum Gasteiger partial charge on any atom is -0.495 e. The summed E-state index contributed by atoms with van der Waals surface area (Å²) in [6.07, 6.45) is 0. The van der Waals surface area contributed by atoms with Crippen LogP contribution in [0.25, 0.3) is 0 Å². The number of benzene rings is 3. The Bertz CT molecular complexity index is 1070. The molecule has 2 heterocycles. The van der Waals surface area contributed by atoms with Crippen molar-refractivity contribution in [2.75, 3.05) is 36.7 Å². The first kappa shape index (κ1) is 18.7. The van der Waals surface area contributed by atoms with Gasteiger partial charge in [-0.15, -0.1) is 0 Å². The fourth-order valence-corrected chi connectivity index (χ4v) is 4.76. The third kappa shape index (κ3) is 2.77. The van der Waals surface area contributed by atoms with Crippen molar-refractivity contribution >= 4 is 17.3 Å². The van der Waals surface area contributed by atoms with Crippen molar-refractivity contribution in [3.8, 4) is 5.75 Å². The number of hydrogen-bond acceptors (Lipinski definition) is 4. The Kier molecular flexibility index (Phi) is 4.48. The van der Waals surface area contributed by atoms with Crippen molar-refractivity contribution in [2.24, 2.45) is 0 Å². The van der Waals surface area contributed by atoms with Gasteiger partial charge in [0.25, 0.3) is 0 Å². The topological polar surface area (TPSA) is 36.0 Å². The van der Waals surface area contributed by atoms with Crippen molar-refractivity contribution < 1.29 is 9.53 Å². The Balaban J connectivity index is 1.66. The number of amides is 1. The Morgan fingerprint density at radius 2 is 1.60 bits per heavy atom. The maximum absolute atomic E-state index is 13.3. The number of hydrogen-bond donors (Lipinski definition) is 0. The molecule has 0 bridgehead atoms. The van der Waals surface area contributed by atoms with E-state index in [9.17, 15) is 4.79 Å². The van der Waals surface area contributed by atoms with Gasteiger partial charge in [-0.2, -0.15) is 0 Å². The van der Waals surface area contributed by atoms with Gasteiger partial charge >= 0.3 is 0 Å². The molecule has 5 nitrogen and oxygen atoms in total. The highest BCUT2D eigenvalue weighted by atomic mass is 16.5. The molecule has 0 saturated carbocycles. The van der Waals surface area contributed by atoms with Crippen LogP contribution >= 0.6 is 0 Å².